The highest BCUT2D eigenvalue weighted by Gasteiger charge is 2.20. The maximum atomic E-state index is 11.3. The molecule has 1 N–H and O–H groups in total. The van der Waals surface area contributed by atoms with Crippen LogP contribution in [0.1, 0.15) is 25.8 Å². The molecule has 0 saturated carbocycles. The summed E-state index contributed by atoms with van der Waals surface area (Å²) in [4.78, 5) is 11.3. The number of hydrogen-bond donors (Lipinski definition) is 1. The molecule has 2 aromatic rings. The molecule has 0 aliphatic carbocycles. The fraction of sp³-hybridized carbons (Fsp3) is 0.381. The van der Waals surface area contributed by atoms with Crippen molar-refractivity contribution in [2.24, 2.45) is 0 Å². The van der Waals surface area contributed by atoms with Crippen LogP contribution in [-0.4, -0.2) is 36.5 Å². The molecule has 5 heteroatoms. The van der Waals surface area contributed by atoms with Gasteiger partial charge in [-0.15, -0.1) is 0 Å². The molecule has 5 nitrogen and oxygen atoms in total. The van der Waals surface area contributed by atoms with E-state index in [0.717, 1.165) is 23.5 Å². The van der Waals surface area contributed by atoms with Crippen LogP contribution in [0, 0.1) is 0 Å². The highest BCUT2D eigenvalue weighted by atomic mass is 16.5. The summed E-state index contributed by atoms with van der Waals surface area (Å²) in [6, 6.07) is 17.1. The van der Waals surface area contributed by atoms with Gasteiger partial charge in [-0.25, -0.2) is 4.79 Å². The standard InChI is InChI=1S/C21H26O5/c1-16(2)26-20(21(22)23)15-17-8-6-11-19(14-17)25-13-7-12-24-18-9-4-3-5-10-18/h3-6,8-11,14,16,20H,7,12-13,15H2,1-2H3,(H,22,23). The maximum absolute atomic E-state index is 11.3. The van der Waals surface area contributed by atoms with Crippen molar-refractivity contribution in [3.05, 3.63) is 60.2 Å². The van der Waals surface area contributed by atoms with E-state index < -0.39 is 12.1 Å². The van der Waals surface area contributed by atoms with Gasteiger partial charge in [0, 0.05) is 12.8 Å². The van der Waals surface area contributed by atoms with E-state index in [1.165, 1.54) is 0 Å². The molecular weight excluding hydrogens is 332 g/mol. The Morgan fingerprint density at radius 2 is 1.62 bits per heavy atom. The number of carbonyl (C=O) groups is 1. The Balaban J connectivity index is 1.78. The highest BCUT2D eigenvalue weighted by Crippen LogP contribution is 2.17. The molecule has 0 amide bonds. The summed E-state index contributed by atoms with van der Waals surface area (Å²) in [5, 5.41) is 9.28. The molecule has 0 fully saturated rings. The van der Waals surface area contributed by atoms with Crippen LogP contribution in [0.5, 0.6) is 11.5 Å². The summed E-state index contributed by atoms with van der Waals surface area (Å²) in [6.07, 6.45) is 0.0690. The van der Waals surface area contributed by atoms with Crippen LogP contribution >= 0.6 is 0 Å². The number of carboxylic acid groups (broad SMARTS) is 1. The van der Waals surface area contributed by atoms with E-state index >= 15 is 0 Å². The van der Waals surface area contributed by atoms with Gasteiger partial charge >= 0.3 is 5.97 Å². The van der Waals surface area contributed by atoms with Crippen molar-refractivity contribution in [2.45, 2.75) is 38.9 Å². The van der Waals surface area contributed by atoms with Crippen molar-refractivity contribution < 1.29 is 24.1 Å². The predicted octanol–water partition coefficient (Wildman–Crippen LogP) is 3.96. The fourth-order valence-corrected chi connectivity index (χ4v) is 2.45. The van der Waals surface area contributed by atoms with Crippen LogP contribution in [0.15, 0.2) is 54.6 Å². The first-order valence-electron chi connectivity index (χ1n) is 8.82. The fourth-order valence-electron chi connectivity index (χ4n) is 2.45. The Morgan fingerprint density at radius 3 is 2.27 bits per heavy atom. The van der Waals surface area contributed by atoms with Gasteiger partial charge in [-0.05, 0) is 43.7 Å². The Labute approximate surface area is 154 Å². The monoisotopic (exact) mass is 358 g/mol. The topological polar surface area (TPSA) is 65.0 Å². The van der Waals surface area contributed by atoms with E-state index in [1.54, 1.807) is 0 Å². The Bertz CT molecular complexity index is 669. The zero-order chi connectivity index (χ0) is 18.8. The van der Waals surface area contributed by atoms with Crippen LogP contribution in [0.4, 0.5) is 0 Å². The number of ether oxygens (including phenoxy) is 3. The van der Waals surface area contributed by atoms with Crippen LogP contribution in [0.2, 0.25) is 0 Å². The van der Waals surface area contributed by atoms with Crippen LogP contribution in [0.25, 0.3) is 0 Å². The van der Waals surface area contributed by atoms with Gasteiger partial charge in [0.1, 0.15) is 11.5 Å². The lowest BCUT2D eigenvalue weighted by atomic mass is 10.1. The van der Waals surface area contributed by atoms with Gasteiger partial charge in [-0.2, -0.15) is 0 Å². The van der Waals surface area contributed by atoms with E-state index in [0.29, 0.717) is 19.6 Å². The van der Waals surface area contributed by atoms with Crippen molar-refractivity contribution in [1.82, 2.24) is 0 Å². The molecule has 0 spiro atoms. The summed E-state index contributed by atoms with van der Waals surface area (Å²) in [5.74, 6) is 0.610. The van der Waals surface area contributed by atoms with E-state index in [1.807, 2.05) is 68.4 Å². The quantitative estimate of drug-likeness (QED) is 0.616. The minimum atomic E-state index is -0.955. The van der Waals surface area contributed by atoms with E-state index in [9.17, 15) is 9.90 Å². The van der Waals surface area contributed by atoms with Crippen molar-refractivity contribution in [2.75, 3.05) is 13.2 Å². The van der Waals surface area contributed by atoms with Crippen LogP contribution < -0.4 is 9.47 Å². The first-order chi connectivity index (χ1) is 12.5. The molecule has 0 aliphatic heterocycles. The summed E-state index contributed by atoms with van der Waals surface area (Å²) in [7, 11) is 0. The number of para-hydroxylation sites is 1. The lowest BCUT2D eigenvalue weighted by Gasteiger charge is -2.17. The van der Waals surface area contributed by atoms with Gasteiger partial charge < -0.3 is 19.3 Å². The third-order valence-electron chi connectivity index (χ3n) is 3.60. The van der Waals surface area contributed by atoms with Gasteiger partial charge in [0.25, 0.3) is 0 Å². The van der Waals surface area contributed by atoms with Crippen LogP contribution in [-0.2, 0) is 16.0 Å². The third kappa shape index (κ3) is 7.15. The maximum Gasteiger partial charge on any atom is 0.333 e. The number of benzene rings is 2. The average Bonchev–Trinajstić information content (AvgIpc) is 2.62. The van der Waals surface area contributed by atoms with E-state index in [4.69, 9.17) is 14.2 Å². The molecule has 1 atom stereocenters. The van der Waals surface area contributed by atoms with Crippen molar-refractivity contribution in [3.8, 4) is 11.5 Å². The molecule has 0 heterocycles. The molecule has 0 bridgehead atoms. The molecule has 2 rings (SSSR count). The number of carboxylic acids is 1. The second-order valence-electron chi connectivity index (χ2n) is 6.23. The molecule has 0 aromatic heterocycles. The second-order valence-corrected chi connectivity index (χ2v) is 6.23. The Kier molecular flexibility index (Phi) is 7.96. The summed E-state index contributed by atoms with van der Waals surface area (Å²) < 4.78 is 16.8. The first-order valence-corrected chi connectivity index (χ1v) is 8.82. The zero-order valence-corrected chi connectivity index (χ0v) is 15.3. The lowest BCUT2D eigenvalue weighted by molar-refractivity contribution is -0.153. The Morgan fingerprint density at radius 1 is 0.962 bits per heavy atom. The molecule has 0 aliphatic rings. The average molecular weight is 358 g/mol. The van der Waals surface area contributed by atoms with Crippen molar-refractivity contribution in [1.29, 1.82) is 0 Å². The molecule has 0 radical (unpaired) electrons. The third-order valence-corrected chi connectivity index (χ3v) is 3.60. The van der Waals surface area contributed by atoms with Gasteiger partial charge in [-0.1, -0.05) is 30.3 Å². The molecule has 1 unspecified atom stereocenters. The van der Waals surface area contributed by atoms with E-state index in [2.05, 4.69) is 0 Å². The second kappa shape index (κ2) is 10.5. The summed E-state index contributed by atoms with van der Waals surface area (Å²) in [6.45, 7) is 4.76. The van der Waals surface area contributed by atoms with Gasteiger partial charge in [0.2, 0.25) is 0 Å². The van der Waals surface area contributed by atoms with Crippen LogP contribution in [0.3, 0.4) is 0 Å². The predicted molar refractivity (Wildman–Crippen MR) is 99.8 cm³/mol. The molecule has 140 valence electrons. The number of rotatable bonds is 11. The number of aliphatic carboxylic acids is 1. The minimum Gasteiger partial charge on any atom is -0.493 e. The summed E-state index contributed by atoms with van der Waals surface area (Å²) in [5.41, 5.74) is 0.871. The highest BCUT2D eigenvalue weighted by molar-refractivity contribution is 5.72. The normalized spacial score (nSPS) is 12.0. The van der Waals surface area contributed by atoms with Gasteiger partial charge in [-0.3, -0.25) is 0 Å². The SMILES string of the molecule is CC(C)OC(Cc1cccc(OCCCOc2ccccc2)c1)C(=O)O. The van der Waals surface area contributed by atoms with Crippen molar-refractivity contribution >= 4 is 5.97 Å². The molecular formula is C21H26O5. The smallest absolute Gasteiger partial charge is 0.333 e. The molecule has 26 heavy (non-hydrogen) atoms. The Hall–Kier alpha value is -2.53. The van der Waals surface area contributed by atoms with Gasteiger partial charge in [0.15, 0.2) is 6.10 Å². The largest absolute Gasteiger partial charge is 0.493 e. The van der Waals surface area contributed by atoms with E-state index in [-0.39, 0.29) is 6.10 Å². The summed E-state index contributed by atoms with van der Waals surface area (Å²) >= 11 is 0. The molecule has 2 aromatic carbocycles. The molecule has 0 saturated heterocycles. The first kappa shape index (κ1) is 19.8. The zero-order valence-electron chi connectivity index (χ0n) is 15.3. The number of hydrogen-bond acceptors (Lipinski definition) is 4. The van der Waals surface area contributed by atoms with Crippen molar-refractivity contribution in [3.63, 3.8) is 0 Å². The lowest BCUT2D eigenvalue weighted by Crippen LogP contribution is -2.29. The van der Waals surface area contributed by atoms with Gasteiger partial charge in [0.05, 0.1) is 19.3 Å². The minimum absolute atomic E-state index is 0.139.